The van der Waals surface area contributed by atoms with Crippen LogP contribution in [0.1, 0.15) is 67.2 Å². The van der Waals surface area contributed by atoms with Crippen LogP contribution in [0.2, 0.25) is 0 Å². The van der Waals surface area contributed by atoms with E-state index in [0.717, 1.165) is 36.8 Å². The van der Waals surface area contributed by atoms with Gasteiger partial charge in [-0.1, -0.05) is 23.3 Å². The summed E-state index contributed by atoms with van der Waals surface area (Å²) in [6, 6.07) is 0. The van der Waals surface area contributed by atoms with E-state index in [1.54, 1.807) is 0 Å². The molecule has 0 aliphatic carbocycles. The van der Waals surface area contributed by atoms with Gasteiger partial charge in [0.05, 0.1) is 25.7 Å². The molecule has 0 saturated heterocycles. The predicted octanol–water partition coefficient (Wildman–Crippen LogP) is 6.61. The Bertz CT molecular complexity index is 593. The second kappa shape index (κ2) is 18.2. The van der Waals surface area contributed by atoms with E-state index in [-0.39, 0.29) is 26.4 Å². The summed E-state index contributed by atoms with van der Waals surface area (Å²) in [7, 11) is 0. The van der Waals surface area contributed by atoms with Crippen LogP contribution < -0.4 is 0 Å². The van der Waals surface area contributed by atoms with Crippen molar-refractivity contribution in [3.05, 3.63) is 47.0 Å². The molecule has 0 unspecified atom stereocenters. The molecule has 0 aromatic rings. The van der Waals surface area contributed by atoms with E-state index in [1.165, 1.54) is 23.7 Å². The Morgan fingerprint density at radius 1 is 0.613 bits per heavy atom. The molecule has 0 atom stereocenters. The first-order chi connectivity index (χ1) is 14.7. The van der Waals surface area contributed by atoms with Gasteiger partial charge in [-0.25, -0.2) is 9.59 Å². The van der Waals surface area contributed by atoms with E-state index < -0.39 is 12.3 Å². The maximum Gasteiger partial charge on any atom is 0.513 e. The number of hydrogen-bond acceptors (Lipinski definition) is 7. The van der Waals surface area contributed by atoms with Crippen molar-refractivity contribution in [2.45, 2.75) is 67.2 Å². The zero-order chi connectivity index (χ0) is 23.5. The van der Waals surface area contributed by atoms with Crippen LogP contribution >= 0.6 is 0 Å². The topological polar surface area (TPSA) is 80.3 Å². The van der Waals surface area contributed by atoms with Gasteiger partial charge >= 0.3 is 12.3 Å². The minimum atomic E-state index is -0.781. The second-order valence-electron chi connectivity index (χ2n) is 7.61. The molecule has 0 aliphatic heterocycles. The fraction of sp³-hybridized carbons (Fsp3) is 0.583. The van der Waals surface area contributed by atoms with Crippen molar-refractivity contribution in [1.29, 1.82) is 0 Å². The van der Waals surface area contributed by atoms with Gasteiger partial charge in [-0.15, -0.1) is 0 Å². The molecule has 0 radical (unpaired) electrons. The Morgan fingerprint density at radius 2 is 1.00 bits per heavy atom. The van der Waals surface area contributed by atoms with Crippen LogP contribution in [-0.2, 0) is 23.7 Å². The summed E-state index contributed by atoms with van der Waals surface area (Å²) in [6.45, 7) is 12.4. The van der Waals surface area contributed by atoms with Crippen molar-refractivity contribution in [3.8, 4) is 0 Å². The molecule has 7 heteroatoms. The van der Waals surface area contributed by atoms with E-state index in [9.17, 15) is 9.59 Å². The largest absolute Gasteiger partial charge is 0.513 e. The normalized spacial score (nSPS) is 11.4. The number of carbonyl (C=O) groups excluding carboxylic acids is 2. The van der Waals surface area contributed by atoms with Gasteiger partial charge < -0.3 is 23.7 Å². The molecule has 0 spiro atoms. The smallest absolute Gasteiger partial charge is 0.432 e. The maximum absolute atomic E-state index is 11.5. The van der Waals surface area contributed by atoms with E-state index in [0.29, 0.717) is 0 Å². The zero-order valence-corrected chi connectivity index (χ0v) is 19.8. The van der Waals surface area contributed by atoms with Crippen molar-refractivity contribution in [3.63, 3.8) is 0 Å². The van der Waals surface area contributed by atoms with Gasteiger partial charge in [-0.2, -0.15) is 0 Å². The minimum absolute atomic E-state index is 0.0432. The fourth-order valence-electron chi connectivity index (χ4n) is 2.13. The summed E-state index contributed by atoms with van der Waals surface area (Å²) in [5, 5.41) is 0. The van der Waals surface area contributed by atoms with Crippen LogP contribution in [0.5, 0.6) is 0 Å². The summed E-state index contributed by atoms with van der Waals surface area (Å²) < 4.78 is 24.8. The van der Waals surface area contributed by atoms with Crippen LogP contribution in [0.3, 0.4) is 0 Å². The predicted molar refractivity (Wildman–Crippen MR) is 121 cm³/mol. The molecule has 0 saturated carbocycles. The van der Waals surface area contributed by atoms with Gasteiger partial charge in [-0.3, -0.25) is 0 Å². The molecule has 0 heterocycles. The highest BCUT2D eigenvalue weighted by molar-refractivity contribution is 5.61. The fourth-order valence-corrected chi connectivity index (χ4v) is 2.13. The van der Waals surface area contributed by atoms with Gasteiger partial charge in [0.2, 0.25) is 0 Å². The summed E-state index contributed by atoms with van der Waals surface area (Å²) in [5.74, 6) is 0. The van der Waals surface area contributed by atoms with E-state index >= 15 is 0 Å². The molecule has 7 nitrogen and oxygen atoms in total. The molecule has 0 aliphatic rings. The lowest BCUT2D eigenvalue weighted by Gasteiger charge is -2.06. The Hall–Kier alpha value is -2.54. The Morgan fingerprint density at radius 3 is 1.35 bits per heavy atom. The number of carbonyl (C=O) groups is 2. The lowest BCUT2D eigenvalue weighted by atomic mass is 10.1. The summed E-state index contributed by atoms with van der Waals surface area (Å²) in [6.07, 6.45) is 8.93. The number of hydrogen-bond donors (Lipinski definition) is 0. The summed E-state index contributed by atoms with van der Waals surface area (Å²) in [4.78, 5) is 23.0. The molecule has 31 heavy (non-hydrogen) atoms. The van der Waals surface area contributed by atoms with Crippen molar-refractivity contribution < 1.29 is 33.3 Å². The van der Waals surface area contributed by atoms with E-state index in [4.69, 9.17) is 23.7 Å². The van der Waals surface area contributed by atoms with Crippen molar-refractivity contribution in [2.24, 2.45) is 0 Å². The molecule has 0 rings (SSSR count). The lowest BCUT2D eigenvalue weighted by Crippen LogP contribution is -2.14. The van der Waals surface area contributed by atoms with Crippen LogP contribution in [0.25, 0.3) is 0 Å². The van der Waals surface area contributed by atoms with Crippen LogP contribution in [0, 0.1) is 0 Å². The average Bonchev–Trinajstić information content (AvgIpc) is 2.69. The van der Waals surface area contributed by atoms with Crippen LogP contribution in [-0.4, -0.2) is 38.7 Å². The van der Waals surface area contributed by atoms with E-state index in [1.807, 2.05) is 41.5 Å². The number of rotatable bonds is 14. The second-order valence-corrected chi connectivity index (χ2v) is 7.61. The highest BCUT2D eigenvalue weighted by Crippen LogP contribution is 2.08. The third-order valence-electron chi connectivity index (χ3n) is 3.79. The van der Waals surface area contributed by atoms with Crippen molar-refractivity contribution in [2.75, 3.05) is 26.4 Å². The highest BCUT2D eigenvalue weighted by Gasteiger charge is 2.04. The maximum atomic E-state index is 11.5. The molecule has 0 aromatic heterocycles. The molecule has 0 aromatic carbocycles. The summed E-state index contributed by atoms with van der Waals surface area (Å²) >= 11 is 0. The monoisotopic (exact) mass is 438 g/mol. The van der Waals surface area contributed by atoms with Gasteiger partial charge in [-0.05, 0) is 78.4 Å². The number of allylic oxidation sites excluding steroid dienone is 6. The van der Waals surface area contributed by atoms with Gasteiger partial charge in [0.15, 0.2) is 0 Å². The SMILES string of the molecule is CC(C)=CCCC(C)=COC(=O)OCCOCCOC(=O)OC=C(C)CCC=C(C)C. The third kappa shape index (κ3) is 20.5. The zero-order valence-electron chi connectivity index (χ0n) is 19.8. The minimum Gasteiger partial charge on any atom is -0.432 e. The van der Waals surface area contributed by atoms with Gasteiger partial charge in [0.25, 0.3) is 0 Å². The van der Waals surface area contributed by atoms with Crippen LogP contribution in [0.15, 0.2) is 47.0 Å². The molecule has 0 amide bonds. The standard InChI is InChI=1S/C24H38O7/c1-19(2)9-7-11-21(5)17-30-23(25)28-15-13-27-14-16-29-24(26)31-18-22(6)12-8-10-20(3)4/h9-10,17-18H,7-8,11-16H2,1-6H3. The molecule has 176 valence electrons. The highest BCUT2D eigenvalue weighted by atomic mass is 16.7. The Kier molecular flexibility index (Phi) is 16.8. The molecule has 0 fully saturated rings. The first kappa shape index (κ1) is 28.5. The molecule has 0 N–H and O–H groups in total. The molecule has 0 bridgehead atoms. The first-order valence-electron chi connectivity index (χ1n) is 10.5. The lowest BCUT2D eigenvalue weighted by molar-refractivity contribution is 0.0199. The van der Waals surface area contributed by atoms with Crippen molar-refractivity contribution >= 4 is 12.3 Å². The number of ether oxygens (including phenoxy) is 5. The first-order valence-corrected chi connectivity index (χ1v) is 10.5. The molecular formula is C24H38O7. The van der Waals surface area contributed by atoms with Crippen molar-refractivity contribution in [1.82, 2.24) is 0 Å². The Balaban J connectivity index is 3.73. The molecular weight excluding hydrogens is 400 g/mol. The summed E-state index contributed by atoms with van der Waals surface area (Å²) in [5.41, 5.74) is 4.42. The van der Waals surface area contributed by atoms with Gasteiger partial charge in [0, 0.05) is 0 Å². The quantitative estimate of drug-likeness (QED) is 0.131. The van der Waals surface area contributed by atoms with Crippen LogP contribution in [0.4, 0.5) is 9.59 Å². The third-order valence-corrected chi connectivity index (χ3v) is 3.79. The Labute approximate surface area is 186 Å². The van der Waals surface area contributed by atoms with E-state index in [2.05, 4.69) is 12.2 Å². The average molecular weight is 439 g/mol. The van der Waals surface area contributed by atoms with Gasteiger partial charge in [0.1, 0.15) is 13.2 Å².